The predicted octanol–water partition coefficient (Wildman–Crippen LogP) is 2.08. The third-order valence-electron chi connectivity index (χ3n) is 2.45. The number of anilines is 1. The third kappa shape index (κ3) is 5.71. The second-order valence-electron chi connectivity index (χ2n) is 3.98. The van der Waals surface area contributed by atoms with Gasteiger partial charge in [-0.15, -0.1) is 11.8 Å². The number of halogens is 1. The molecule has 0 spiro atoms. The molecule has 0 aliphatic rings. The number of thioether (sulfide) groups is 1. The summed E-state index contributed by atoms with van der Waals surface area (Å²) in [7, 11) is 1.34. The van der Waals surface area contributed by atoms with Gasteiger partial charge in [0.15, 0.2) is 0 Å². The van der Waals surface area contributed by atoms with Crippen LogP contribution < -0.4 is 11.1 Å². The highest BCUT2D eigenvalue weighted by molar-refractivity contribution is 8.00. The highest BCUT2D eigenvalue weighted by Gasteiger charge is 2.08. The maximum absolute atomic E-state index is 11.6. The normalized spacial score (nSPS) is 10.1. The van der Waals surface area contributed by atoms with E-state index in [-0.39, 0.29) is 17.6 Å². The lowest BCUT2D eigenvalue weighted by Crippen LogP contribution is -2.26. The van der Waals surface area contributed by atoms with Crippen LogP contribution in [0.4, 0.5) is 5.69 Å². The lowest BCUT2D eigenvalue weighted by Gasteiger charge is -2.08. The van der Waals surface area contributed by atoms with Gasteiger partial charge in [-0.2, -0.15) is 0 Å². The number of benzene rings is 1. The van der Waals surface area contributed by atoms with Gasteiger partial charge in [-0.25, -0.2) is 0 Å². The minimum absolute atomic E-state index is 0.126. The molecule has 7 heteroatoms. The van der Waals surface area contributed by atoms with Gasteiger partial charge in [-0.05, 0) is 18.6 Å². The quantitative estimate of drug-likeness (QED) is 0.348. The van der Waals surface area contributed by atoms with E-state index in [0.29, 0.717) is 35.0 Å². The van der Waals surface area contributed by atoms with Crippen LogP contribution in [0.15, 0.2) is 23.1 Å². The van der Waals surface area contributed by atoms with Crippen LogP contribution in [0.1, 0.15) is 12.8 Å². The van der Waals surface area contributed by atoms with Gasteiger partial charge in [-0.1, -0.05) is 17.7 Å². The summed E-state index contributed by atoms with van der Waals surface area (Å²) < 4.78 is 4.50. The summed E-state index contributed by atoms with van der Waals surface area (Å²) in [5, 5.41) is 3.26. The first-order valence-corrected chi connectivity index (χ1v) is 7.41. The van der Waals surface area contributed by atoms with Crippen molar-refractivity contribution in [1.29, 1.82) is 0 Å². The van der Waals surface area contributed by atoms with Crippen LogP contribution in [-0.4, -0.2) is 31.3 Å². The van der Waals surface area contributed by atoms with Gasteiger partial charge < -0.3 is 15.8 Å². The molecule has 20 heavy (non-hydrogen) atoms. The average molecular weight is 317 g/mol. The number of nitrogens with one attached hydrogen (secondary N) is 1. The fourth-order valence-corrected chi connectivity index (χ4v) is 2.59. The molecule has 0 aliphatic carbocycles. The van der Waals surface area contributed by atoms with Crippen molar-refractivity contribution in [2.45, 2.75) is 17.7 Å². The van der Waals surface area contributed by atoms with Crippen molar-refractivity contribution in [3.05, 3.63) is 23.2 Å². The maximum atomic E-state index is 11.6. The van der Waals surface area contributed by atoms with Crippen LogP contribution in [0, 0.1) is 0 Å². The van der Waals surface area contributed by atoms with Crippen LogP contribution in [0.5, 0.6) is 0 Å². The summed E-state index contributed by atoms with van der Waals surface area (Å²) in [4.78, 5) is 23.2. The molecule has 0 aromatic heterocycles. The molecule has 1 aromatic rings. The van der Waals surface area contributed by atoms with Crippen LogP contribution in [0.3, 0.4) is 0 Å². The Bertz CT molecular complexity index is 462. The summed E-state index contributed by atoms with van der Waals surface area (Å²) in [6, 6.07) is 5.23. The average Bonchev–Trinajstić information content (AvgIpc) is 2.42. The molecule has 1 rings (SSSR count). The zero-order chi connectivity index (χ0) is 15.0. The maximum Gasteiger partial charge on any atom is 0.305 e. The lowest BCUT2D eigenvalue weighted by molar-refractivity contribution is -0.140. The van der Waals surface area contributed by atoms with Gasteiger partial charge >= 0.3 is 5.97 Å². The van der Waals surface area contributed by atoms with E-state index in [0.717, 1.165) is 0 Å². The first kappa shape index (κ1) is 16.7. The summed E-state index contributed by atoms with van der Waals surface area (Å²) >= 11 is 7.30. The minimum Gasteiger partial charge on any atom is -0.469 e. The molecule has 0 atom stereocenters. The van der Waals surface area contributed by atoms with Crippen molar-refractivity contribution in [2.75, 3.05) is 25.1 Å². The Kier molecular flexibility index (Phi) is 7.25. The third-order valence-corrected chi connectivity index (χ3v) is 4.03. The number of hydrogen-bond acceptors (Lipinski definition) is 5. The van der Waals surface area contributed by atoms with E-state index >= 15 is 0 Å². The number of carbonyl (C=O) groups is 2. The van der Waals surface area contributed by atoms with Crippen molar-refractivity contribution >= 4 is 40.9 Å². The van der Waals surface area contributed by atoms with Gasteiger partial charge in [-0.3, -0.25) is 9.59 Å². The number of nitrogens with two attached hydrogens (primary N) is 1. The second kappa shape index (κ2) is 8.71. The van der Waals surface area contributed by atoms with Crippen LogP contribution in [0.2, 0.25) is 5.02 Å². The van der Waals surface area contributed by atoms with E-state index in [1.54, 1.807) is 18.2 Å². The fourth-order valence-electron chi connectivity index (χ4n) is 1.43. The number of rotatable bonds is 7. The zero-order valence-corrected chi connectivity index (χ0v) is 12.7. The second-order valence-corrected chi connectivity index (χ2v) is 5.37. The Balaban J connectivity index is 2.28. The molecule has 1 amide bonds. The van der Waals surface area contributed by atoms with Crippen molar-refractivity contribution in [3.63, 3.8) is 0 Å². The SMILES string of the molecule is COC(=O)CCCNC(=O)CSc1c(N)cccc1Cl. The zero-order valence-electron chi connectivity index (χ0n) is 11.1. The van der Waals surface area contributed by atoms with Gasteiger partial charge in [0.1, 0.15) is 0 Å². The van der Waals surface area contributed by atoms with Crippen LogP contribution >= 0.6 is 23.4 Å². The van der Waals surface area contributed by atoms with E-state index < -0.39 is 0 Å². The van der Waals surface area contributed by atoms with Crippen molar-refractivity contribution in [2.24, 2.45) is 0 Å². The molecule has 0 saturated heterocycles. The molecule has 0 saturated carbocycles. The lowest BCUT2D eigenvalue weighted by atomic mass is 10.3. The number of ether oxygens (including phenoxy) is 1. The van der Waals surface area contributed by atoms with E-state index in [9.17, 15) is 9.59 Å². The predicted molar refractivity (Wildman–Crippen MR) is 80.8 cm³/mol. The molecule has 0 unspecified atom stereocenters. The van der Waals surface area contributed by atoms with E-state index in [4.69, 9.17) is 17.3 Å². The first-order chi connectivity index (χ1) is 9.54. The smallest absolute Gasteiger partial charge is 0.305 e. The van der Waals surface area contributed by atoms with Gasteiger partial charge in [0, 0.05) is 23.5 Å². The minimum atomic E-state index is -0.280. The molecule has 110 valence electrons. The number of carbonyl (C=O) groups excluding carboxylic acids is 2. The summed E-state index contributed by atoms with van der Waals surface area (Å²) in [5.74, 6) is -0.178. The first-order valence-electron chi connectivity index (χ1n) is 6.05. The van der Waals surface area contributed by atoms with Crippen molar-refractivity contribution < 1.29 is 14.3 Å². The molecule has 3 N–H and O–H groups in total. The van der Waals surface area contributed by atoms with Crippen molar-refractivity contribution in [3.8, 4) is 0 Å². The largest absolute Gasteiger partial charge is 0.469 e. The highest BCUT2D eigenvalue weighted by atomic mass is 35.5. The number of amides is 1. The number of hydrogen-bond donors (Lipinski definition) is 2. The molecule has 5 nitrogen and oxygen atoms in total. The van der Waals surface area contributed by atoms with Crippen molar-refractivity contribution in [1.82, 2.24) is 5.32 Å². The molecule has 0 fully saturated rings. The highest BCUT2D eigenvalue weighted by Crippen LogP contribution is 2.32. The summed E-state index contributed by atoms with van der Waals surface area (Å²) in [6.45, 7) is 0.437. The van der Waals surface area contributed by atoms with Crippen LogP contribution in [0.25, 0.3) is 0 Å². The molecule has 0 heterocycles. The van der Waals surface area contributed by atoms with Gasteiger partial charge in [0.05, 0.1) is 17.9 Å². The Hall–Kier alpha value is -1.40. The standard InChI is InChI=1S/C13H17ClN2O3S/c1-19-12(18)6-3-7-16-11(17)8-20-13-9(14)4-2-5-10(13)15/h2,4-5H,3,6-8,15H2,1H3,(H,16,17). The van der Waals surface area contributed by atoms with E-state index in [2.05, 4.69) is 10.1 Å². The number of nitrogen functional groups attached to an aromatic ring is 1. The fraction of sp³-hybridized carbons (Fsp3) is 0.385. The number of methoxy groups -OCH3 is 1. The molecular weight excluding hydrogens is 300 g/mol. The van der Waals surface area contributed by atoms with E-state index in [1.807, 2.05) is 0 Å². The van der Waals surface area contributed by atoms with Gasteiger partial charge in [0.25, 0.3) is 0 Å². The number of esters is 1. The Morgan fingerprint density at radius 3 is 2.85 bits per heavy atom. The summed E-state index contributed by atoms with van der Waals surface area (Å²) in [6.07, 6.45) is 0.846. The molecule has 0 aliphatic heterocycles. The van der Waals surface area contributed by atoms with Gasteiger partial charge in [0.2, 0.25) is 5.91 Å². The molecule has 0 bridgehead atoms. The molecular formula is C13H17ClN2O3S. The Morgan fingerprint density at radius 1 is 1.45 bits per heavy atom. The topological polar surface area (TPSA) is 81.4 Å². The monoisotopic (exact) mass is 316 g/mol. The molecule has 1 aromatic carbocycles. The Labute approximate surface area is 127 Å². The Morgan fingerprint density at radius 2 is 2.20 bits per heavy atom. The molecule has 0 radical (unpaired) electrons. The van der Waals surface area contributed by atoms with Crippen LogP contribution in [-0.2, 0) is 14.3 Å². The van der Waals surface area contributed by atoms with E-state index in [1.165, 1.54) is 18.9 Å². The summed E-state index contributed by atoms with van der Waals surface area (Å²) in [5.41, 5.74) is 6.35.